The van der Waals surface area contributed by atoms with Gasteiger partial charge in [-0.2, -0.15) is 0 Å². The molecule has 0 aliphatic carbocycles. The van der Waals surface area contributed by atoms with Crippen LogP contribution >= 0.6 is 0 Å². The number of nitrogens with one attached hydrogen (secondary N) is 1. The second-order valence-corrected chi connectivity index (χ2v) is 2.45. The van der Waals surface area contributed by atoms with Gasteiger partial charge in [-0.05, 0) is 6.42 Å². The first-order chi connectivity index (χ1) is 4.33. The summed E-state index contributed by atoms with van der Waals surface area (Å²) in [6.07, 6.45) is 0.665. The smallest absolute Gasteiger partial charge is 0.0680 e. The minimum atomic E-state index is -0.162. The first-order valence-electron chi connectivity index (χ1n) is 3.23. The van der Waals surface area contributed by atoms with Gasteiger partial charge in [0.15, 0.2) is 0 Å². The Bertz CT molecular complexity index is 85.1. The molecule has 3 heteroatoms. The van der Waals surface area contributed by atoms with Crippen molar-refractivity contribution in [2.45, 2.75) is 18.6 Å². The SMILES string of the molecule is COC[C@@H]1C[C@H](O)CN1. The van der Waals surface area contributed by atoms with Gasteiger partial charge in [0.25, 0.3) is 0 Å². The first kappa shape index (κ1) is 6.99. The van der Waals surface area contributed by atoms with Crippen molar-refractivity contribution >= 4 is 0 Å². The van der Waals surface area contributed by atoms with Crippen LogP contribution < -0.4 is 5.32 Å². The Morgan fingerprint density at radius 1 is 1.78 bits per heavy atom. The second-order valence-electron chi connectivity index (χ2n) is 2.45. The number of aliphatic hydroxyl groups excluding tert-OH is 1. The summed E-state index contributed by atoms with van der Waals surface area (Å²) in [5, 5.41) is 12.1. The van der Waals surface area contributed by atoms with E-state index >= 15 is 0 Å². The molecule has 0 unspecified atom stereocenters. The highest BCUT2D eigenvalue weighted by molar-refractivity contribution is 4.80. The average molecular weight is 131 g/mol. The highest BCUT2D eigenvalue weighted by Crippen LogP contribution is 2.05. The molecule has 0 bridgehead atoms. The largest absolute Gasteiger partial charge is 0.392 e. The number of hydrogen-bond donors (Lipinski definition) is 2. The molecule has 0 aromatic heterocycles. The number of hydrogen-bond acceptors (Lipinski definition) is 3. The summed E-state index contributed by atoms with van der Waals surface area (Å²) < 4.78 is 4.90. The van der Waals surface area contributed by atoms with Crippen LogP contribution in [0.4, 0.5) is 0 Å². The third kappa shape index (κ3) is 1.93. The van der Waals surface area contributed by atoms with E-state index in [9.17, 15) is 0 Å². The normalized spacial score (nSPS) is 35.3. The van der Waals surface area contributed by atoms with E-state index in [4.69, 9.17) is 9.84 Å². The molecule has 0 radical (unpaired) electrons. The minimum absolute atomic E-state index is 0.162. The first-order valence-corrected chi connectivity index (χ1v) is 3.23. The van der Waals surface area contributed by atoms with Gasteiger partial charge in [-0.3, -0.25) is 0 Å². The molecule has 1 saturated heterocycles. The Kier molecular flexibility index (Phi) is 2.45. The Labute approximate surface area is 55.0 Å². The van der Waals surface area contributed by atoms with Gasteiger partial charge >= 0.3 is 0 Å². The van der Waals surface area contributed by atoms with Crippen molar-refractivity contribution in [2.75, 3.05) is 20.3 Å². The van der Waals surface area contributed by atoms with Crippen molar-refractivity contribution in [1.29, 1.82) is 0 Å². The highest BCUT2D eigenvalue weighted by Gasteiger charge is 2.20. The summed E-state index contributed by atoms with van der Waals surface area (Å²) in [4.78, 5) is 0. The molecule has 2 N–H and O–H groups in total. The topological polar surface area (TPSA) is 41.5 Å². The van der Waals surface area contributed by atoms with E-state index in [0.29, 0.717) is 19.2 Å². The average Bonchev–Trinajstić information content (AvgIpc) is 2.17. The fourth-order valence-corrected chi connectivity index (χ4v) is 1.13. The molecule has 9 heavy (non-hydrogen) atoms. The molecule has 1 rings (SSSR count). The zero-order valence-corrected chi connectivity index (χ0v) is 5.63. The maximum absolute atomic E-state index is 9.01. The van der Waals surface area contributed by atoms with Crippen LogP contribution in [0.15, 0.2) is 0 Å². The predicted octanol–water partition coefficient (Wildman–Crippen LogP) is -0.644. The van der Waals surface area contributed by atoms with E-state index in [0.717, 1.165) is 6.42 Å². The molecule has 2 atom stereocenters. The van der Waals surface area contributed by atoms with Crippen LogP contribution in [-0.2, 0) is 4.74 Å². The van der Waals surface area contributed by atoms with Crippen LogP contribution in [0.2, 0.25) is 0 Å². The number of methoxy groups -OCH3 is 1. The van der Waals surface area contributed by atoms with Gasteiger partial charge in [-0.1, -0.05) is 0 Å². The molecule has 1 fully saturated rings. The predicted molar refractivity (Wildman–Crippen MR) is 34.3 cm³/mol. The number of aliphatic hydroxyl groups is 1. The Balaban J connectivity index is 2.14. The van der Waals surface area contributed by atoms with Crippen molar-refractivity contribution in [3.05, 3.63) is 0 Å². The molecular formula is C6H13NO2. The van der Waals surface area contributed by atoms with E-state index in [1.807, 2.05) is 0 Å². The molecule has 0 spiro atoms. The van der Waals surface area contributed by atoms with Crippen molar-refractivity contribution in [1.82, 2.24) is 5.32 Å². The van der Waals surface area contributed by atoms with Crippen molar-refractivity contribution in [2.24, 2.45) is 0 Å². The molecule has 1 heterocycles. The molecule has 0 amide bonds. The van der Waals surface area contributed by atoms with E-state index in [1.165, 1.54) is 0 Å². The van der Waals surface area contributed by atoms with Crippen LogP contribution in [-0.4, -0.2) is 37.5 Å². The van der Waals surface area contributed by atoms with Crippen molar-refractivity contribution in [3.8, 4) is 0 Å². The van der Waals surface area contributed by atoms with E-state index in [2.05, 4.69) is 5.32 Å². The molecule has 0 aromatic rings. The second kappa shape index (κ2) is 3.15. The lowest BCUT2D eigenvalue weighted by molar-refractivity contribution is 0.157. The molecule has 1 aliphatic rings. The monoisotopic (exact) mass is 131 g/mol. The van der Waals surface area contributed by atoms with Gasteiger partial charge in [0.1, 0.15) is 0 Å². The van der Waals surface area contributed by atoms with Crippen LogP contribution in [0.5, 0.6) is 0 Å². The molecule has 0 saturated carbocycles. The van der Waals surface area contributed by atoms with Crippen molar-refractivity contribution < 1.29 is 9.84 Å². The molecule has 1 aliphatic heterocycles. The van der Waals surface area contributed by atoms with Crippen LogP contribution in [0.3, 0.4) is 0 Å². The van der Waals surface area contributed by atoms with Gasteiger partial charge in [-0.15, -0.1) is 0 Å². The molecule has 3 nitrogen and oxygen atoms in total. The van der Waals surface area contributed by atoms with E-state index in [1.54, 1.807) is 7.11 Å². The van der Waals surface area contributed by atoms with Gasteiger partial charge < -0.3 is 15.2 Å². The maximum Gasteiger partial charge on any atom is 0.0680 e. The third-order valence-corrected chi connectivity index (χ3v) is 1.57. The van der Waals surface area contributed by atoms with Crippen LogP contribution in [0.25, 0.3) is 0 Å². The fourth-order valence-electron chi connectivity index (χ4n) is 1.13. The zero-order chi connectivity index (χ0) is 6.69. The van der Waals surface area contributed by atoms with Gasteiger partial charge in [-0.25, -0.2) is 0 Å². The molecule has 0 aromatic carbocycles. The summed E-state index contributed by atoms with van der Waals surface area (Å²) >= 11 is 0. The Morgan fingerprint density at radius 3 is 3.00 bits per heavy atom. The zero-order valence-electron chi connectivity index (χ0n) is 5.63. The summed E-state index contributed by atoms with van der Waals surface area (Å²) in [6, 6.07) is 0.366. The Hall–Kier alpha value is -0.120. The van der Waals surface area contributed by atoms with Gasteiger partial charge in [0, 0.05) is 19.7 Å². The summed E-state index contributed by atoms with van der Waals surface area (Å²) in [6.45, 7) is 1.42. The standard InChI is InChI=1S/C6H13NO2/c1-9-4-5-2-6(8)3-7-5/h5-8H,2-4H2,1H3/t5-,6-/m0/s1. The number of ether oxygens (including phenoxy) is 1. The third-order valence-electron chi connectivity index (χ3n) is 1.57. The fraction of sp³-hybridized carbons (Fsp3) is 1.00. The minimum Gasteiger partial charge on any atom is -0.392 e. The van der Waals surface area contributed by atoms with Gasteiger partial charge in [0.2, 0.25) is 0 Å². The highest BCUT2D eigenvalue weighted by atomic mass is 16.5. The summed E-state index contributed by atoms with van der Waals surface area (Å²) in [5.41, 5.74) is 0. The molecular weight excluding hydrogens is 118 g/mol. The number of rotatable bonds is 2. The van der Waals surface area contributed by atoms with Crippen molar-refractivity contribution in [3.63, 3.8) is 0 Å². The Morgan fingerprint density at radius 2 is 2.56 bits per heavy atom. The van der Waals surface area contributed by atoms with Gasteiger partial charge in [0.05, 0.1) is 12.7 Å². The van der Waals surface area contributed by atoms with E-state index < -0.39 is 0 Å². The number of β-amino-alcohol motifs (C(OH)–C–C–N with tert-alkyl or cyclic N) is 1. The van der Waals surface area contributed by atoms with Crippen LogP contribution in [0, 0.1) is 0 Å². The lowest BCUT2D eigenvalue weighted by atomic mass is 10.2. The summed E-state index contributed by atoms with van der Waals surface area (Å²) in [7, 11) is 1.67. The lowest BCUT2D eigenvalue weighted by Crippen LogP contribution is -2.25. The van der Waals surface area contributed by atoms with E-state index in [-0.39, 0.29) is 6.10 Å². The summed E-state index contributed by atoms with van der Waals surface area (Å²) in [5.74, 6) is 0. The molecule has 54 valence electrons. The van der Waals surface area contributed by atoms with Crippen LogP contribution in [0.1, 0.15) is 6.42 Å². The quantitative estimate of drug-likeness (QED) is 0.523. The maximum atomic E-state index is 9.01. The lowest BCUT2D eigenvalue weighted by Gasteiger charge is -2.06.